The number of aryl methyl sites for hydroxylation is 1. The first-order chi connectivity index (χ1) is 6.27. The van der Waals surface area contributed by atoms with Gasteiger partial charge in [0.2, 0.25) is 0 Å². The Morgan fingerprint density at radius 1 is 1.31 bits per heavy atom. The summed E-state index contributed by atoms with van der Waals surface area (Å²) in [6.07, 6.45) is 0. The molecule has 0 atom stereocenters. The number of methoxy groups -OCH3 is 1. The van der Waals surface area contributed by atoms with Crippen molar-refractivity contribution in [3.8, 4) is 5.75 Å². The van der Waals surface area contributed by atoms with Gasteiger partial charge in [0.25, 0.3) is 0 Å². The molecule has 3 heteroatoms. The van der Waals surface area contributed by atoms with Crippen LogP contribution in [0.3, 0.4) is 0 Å². The molecule has 0 heterocycles. The summed E-state index contributed by atoms with van der Waals surface area (Å²) in [5.41, 5.74) is 5.11. The van der Waals surface area contributed by atoms with E-state index >= 15 is 0 Å². The average molecular weight is 181 g/mol. The molecule has 0 fully saturated rings. The van der Waals surface area contributed by atoms with E-state index in [1.165, 1.54) is 5.56 Å². The molecule has 0 unspecified atom stereocenters. The van der Waals surface area contributed by atoms with Gasteiger partial charge in [0, 0.05) is 6.54 Å². The maximum absolute atomic E-state index is 5.15. The molecular formula is C10H15NO2. The van der Waals surface area contributed by atoms with E-state index in [0.29, 0.717) is 6.54 Å². The lowest BCUT2D eigenvalue weighted by atomic mass is 10.1. The summed E-state index contributed by atoms with van der Waals surface area (Å²) in [5, 5.41) is 0. The molecule has 3 nitrogen and oxygen atoms in total. The second-order valence-corrected chi connectivity index (χ2v) is 2.83. The lowest BCUT2D eigenvalue weighted by Gasteiger charge is -2.07. The zero-order valence-electron chi connectivity index (χ0n) is 8.26. The molecule has 0 radical (unpaired) electrons. The molecule has 0 aromatic heterocycles. The topological polar surface area (TPSA) is 30.5 Å². The summed E-state index contributed by atoms with van der Waals surface area (Å²) in [5.74, 6) is 0.918. The Bertz CT molecular complexity index is 274. The van der Waals surface area contributed by atoms with Gasteiger partial charge in [-0.15, -0.1) is 0 Å². The Balaban J connectivity index is 2.71. The average Bonchev–Trinajstić information content (AvgIpc) is 2.15. The monoisotopic (exact) mass is 181 g/mol. The number of hydrogen-bond acceptors (Lipinski definition) is 3. The molecule has 0 saturated heterocycles. The fourth-order valence-corrected chi connectivity index (χ4v) is 1.21. The minimum atomic E-state index is 0.710. The van der Waals surface area contributed by atoms with Crippen molar-refractivity contribution in [1.29, 1.82) is 0 Å². The molecule has 1 aromatic carbocycles. The van der Waals surface area contributed by atoms with Crippen molar-refractivity contribution in [1.82, 2.24) is 5.48 Å². The number of hydroxylamine groups is 1. The quantitative estimate of drug-likeness (QED) is 0.716. The van der Waals surface area contributed by atoms with E-state index in [1.54, 1.807) is 14.2 Å². The van der Waals surface area contributed by atoms with Crippen molar-refractivity contribution in [2.75, 3.05) is 14.2 Å². The second kappa shape index (κ2) is 4.84. The summed E-state index contributed by atoms with van der Waals surface area (Å²) in [7, 11) is 3.28. The van der Waals surface area contributed by atoms with Gasteiger partial charge in [-0.2, -0.15) is 5.48 Å². The van der Waals surface area contributed by atoms with Crippen molar-refractivity contribution >= 4 is 0 Å². The normalized spacial score (nSPS) is 10.1. The van der Waals surface area contributed by atoms with E-state index in [9.17, 15) is 0 Å². The van der Waals surface area contributed by atoms with Crippen LogP contribution in [0.1, 0.15) is 11.1 Å². The van der Waals surface area contributed by atoms with Gasteiger partial charge >= 0.3 is 0 Å². The van der Waals surface area contributed by atoms with E-state index < -0.39 is 0 Å². The lowest BCUT2D eigenvalue weighted by molar-refractivity contribution is 0.0867. The van der Waals surface area contributed by atoms with Gasteiger partial charge < -0.3 is 9.57 Å². The zero-order chi connectivity index (χ0) is 9.68. The van der Waals surface area contributed by atoms with Crippen molar-refractivity contribution < 1.29 is 9.57 Å². The molecular weight excluding hydrogens is 166 g/mol. The molecule has 0 aliphatic heterocycles. The molecule has 0 aliphatic rings. The molecule has 72 valence electrons. The van der Waals surface area contributed by atoms with Crippen molar-refractivity contribution in [3.05, 3.63) is 29.3 Å². The van der Waals surface area contributed by atoms with E-state index in [0.717, 1.165) is 11.3 Å². The van der Waals surface area contributed by atoms with Crippen LogP contribution < -0.4 is 10.2 Å². The second-order valence-electron chi connectivity index (χ2n) is 2.83. The third kappa shape index (κ3) is 2.72. The van der Waals surface area contributed by atoms with Crippen LogP contribution in [0.4, 0.5) is 0 Å². The van der Waals surface area contributed by atoms with Crippen LogP contribution in [0, 0.1) is 6.92 Å². The van der Waals surface area contributed by atoms with E-state index in [1.807, 2.05) is 19.1 Å². The Kier molecular flexibility index (Phi) is 3.73. The van der Waals surface area contributed by atoms with Gasteiger partial charge in [0.15, 0.2) is 0 Å². The van der Waals surface area contributed by atoms with Gasteiger partial charge in [-0.05, 0) is 24.1 Å². The summed E-state index contributed by atoms with van der Waals surface area (Å²) in [6, 6.07) is 6.05. The van der Waals surface area contributed by atoms with Crippen LogP contribution in [0.25, 0.3) is 0 Å². The predicted octanol–water partition coefficient (Wildman–Crippen LogP) is 1.65. The summed E-state index contributed by atoms with van der Waals surface area (Å²) in [6.45, 7) is 2.73. The van der Waals surface area contributed by atoms with Crippen molar-refractivity contribution in [2.24, 2.45) is 0 Å². The van der Waals surface area contributed by atoms with E-state index in [-0.39, 0.29) is 0 Å². The molecule has 0 saturated carbocycles. The minimum absolute atomic E-state index is 0.710. The number of ether oxygens (including phenoxy) is 1. The first kappa shape index (κ1) is 10.0. The van der Waals surface area contributed by atoms with Crippen molar-refractivity contribution in [2.45, 2.75) is 13.5 Å². The molecule has 0 bridgehead atoms. The predicted molar refractivity (Wildman–Crippen MR) is 51.6 cm³/mol. The molecule has 1 aromatic rings. The summed E-state index contributed by atoms with van der Waals surface area (Å²) < 4.78 is 5.15. The van der Waals surface area contributed by atoms with Crippen LogP contribution in [0.5, 0.6) is 5.75 Å². The molecule has 0 amide bonds. The van der Waals surface area contributed by atoms with Gasteiger partial charge in [-0.25, -0.2) is 0 Å². The highest BCUT2D eigenvalue weighted by Gasteiger charge is 1.98. The molecule has 1 N–H and O–H groups in total. The molecule has 0 spiro atoms. The number of rotatable bonds is 4. The van der Waals surface area contributed by atoms with Crippen LogP contribution in [0.2, 0.25) is 0 Å². The zero-order valence-corrected chi connectivity index (χ0v) is 8.26. The highest BCUT2D eigenvalue weighted by atomic mass is 16.6. The summed E-state index contributed by atoms with van der Waals surface area (Å²) in [4.78, 5) is 4.76. The molecule has 13 heavy (non-hydrogen) atoms. The molecule has 1 rings (SSSR count). The smallest absolute Gasteiger partial charge is 0.121 e. The lowest BCUT2D eigenvalue weighted by Crippen LogP contribution is -2.10. The fourth-order valence-electron chi connectivity index (χ4n) is 1.21. The molecule has 0 aliphatic carbocycles. The largest absolute Gasteiger partial charge is 0.496 e. The highest BCUT2D eigenvalue weighted by Crippen LogP contribution is 2.18. The Labute approximate surface area is 78.6 Å². The van der Waals surface area contributed by atoms with Crippen LogP contribution >= 0.6 is 0 Å². The first-order valence-electron chi connectivity index (χ1n) is 4.17. The Morgan fingerprint density at radius 3 is 2.62 bits per heavy atom. The van der Waals surface area contributed by atoms with Gasteiger partial charge in [0.1, 0.15) is 5.75 Å². The maximum Gasteiger partial charge on any atom is 0.121 e. The van der Waals surface area contributed by atoms with E-state index in [2.05, 4.69) is 11.5 Å². The van der Waals surface area contributed by atoms with Gasteiger partial charge in [-0.3, -0.25) is 0 Å². The van der Waals surface area contributed by atoms with Crippen LogP contribution in [-0.2, 0) is 11.4 Å². The third-order valence-electron chi connectivity index (χ3n) is 1.88. The highest BCUT2D eigenvalue weighted by molar-refractivity contribution is 5.35. The maximum atomic E-state index is 5.15. The Hall–Kier alpha value is -1.06. The third-order valence-corrected chi connectivity index (χ3v) is 1.88. The first-order valence-corrected chi connectivity index (χ1v) is 4.17. The standard InChI is InChI=1S/C10H15NO2/c1-8-6-9(7-11-13-3)4-5-10(8)12-2/h4-6,11H,7H2,1-3H3. The number of hydrogen-bond donors (Lipinski definition) is 1. The minimum Gasteiger partial charge on any atom is -0.496 e. The summed E-state index contributed by atoms with van der Waals surface area (Å²) >= 11 is 0. The number of nitrogens with one attached hydrogen (secondary N) is 1. The van der Waals surface area contributed by atoms with E-state index in [4.69, 9.17) is 9.57 Å². The SMILES string of the molecule is CONCc1ccc(OC)c(C)c1. The van der Waals surface area contributed by atoms with Crippen LogP contribution in [0.15, 0.2) is 18.2 Å². The number of benzene rings is 1. The Morgan fingerprint density at radius 2 is 2.08 bits per heavy atom. The fraction of sp³-hybridized carbons (Fsp3) is 0.400. The van der Waals surface area contributed by atoms with Crippen LogP contribution in [-0.4, -0.2) is 14.2 Å². The van der Waals surface area contributed by atoms with Gasteiger partial charge in [-0.1, -0.05) is 12.1 Å². The van der Waals surface area contributed by atoms with Gasteiger partial charge in [0.05, 0.1) is 14.2 Å². The van der Waals surface area contributed by atoms with Crippen molar-refractivity contribution in [3.63, 3.8) is 0 Å².